The van der Waals surface area contributed by atoms with E-state index in [2.05, 4.69) is 0 Å². The second-order valence-electron chi connectivity index (χ2n) is 10.2. The van der Waals surface area contributed by atoms with Crippen molar-refractivity contribution in [1.29, 1.82) is 0 Å². The number of carbonyl (C=O) groups excluding carboxylic acids is 2. The Hall–Kier alpha value is -3.18. The summed E-state index contributed by atoms with van der Waals surface area (Å²) in [5.74, 6) is -1.60. The molecule has 3 heterocycles. The molecule has 0 bridgehead atoms. The molecule has 2 aliphatic heterocycles. The van der Waals surface area contributed by atoms with Gasteiger partial charge in [0.25, 0.3) is 0 Å². The predicted molar refractivity (Wildman–Crippen MR) is 141 cm³/mol. The summed E-state index contributed by atoms with van der Waals surface area (Å²) in [6.07, 6.45) is 5.36. The van der Waals surface area contributed by atoms with E-state index >= 15 is 0 Å². The van der Waals surface area contributed by atoms with E-state index < -0.39 is 42.1 Å². The monoisotopic (exact) mass is 544 g/mol. The quantitative estimate of drug-likeness (QED) is 0.327. The summed E-state index contributed by atoms with van der Waals surface area (Å²) in [7, 11) is 1.48. The van der Waals surface area contributed by atoms with Crippen molar-refractivity contribution in [2.75, 3.05) is 13.9 Å². The molecule has 1 fully saturated rings. The number of hydrogen-bond acceptors (Lipinski definition) is 10. The molecule has 0 spiro atoms. The van der Waals surface area contributed by atoms with Crippen LogP contribution in [0.15, 0.2) is 34.8 Å². The Bertz CT molecular complexity index is 1260. The molecule has 1 N–H and O–H groups in total. The summed E-state index contributed by atoms with van der Waals surface area (Å²) in [6, 6.07) is 3.27. The van der Waals surface area contributed by atoms with Crippen molar-refractivity contribution in [3.05, 3.63) is 47.2 Å². The van der Waals surface area contributed by atoms with Crippen LogP contribution in [0.1, 0.15) is 62.7 Å². The van der Waals surface area contributed by atoms with Crippen LogP contribution in [-0.2, 0) is 35.1 Å². The second-order valence-corrected chi connectivity index (χ2v) is 10.2. The van der Waals surface area contributed by atoms with Gasteiger partial charge in [-0.2, -0.15) is 0 Å². The molecule has 0 aliphatic carbocycles. The van der Waals surface area contributed by atoms with Crippen LogP contribution in [0.2, 0.25) is 0 Å². The predicted octanol–water partition coefficient (Wildman–Crippen LogP) is 4.51. The highest BCUT2D eigenvalue weighted by molar-refractivity contribution is 6.04. The fourth-order valence-corrected chi connectivity index (χ4v) is 4.76. The molecular weight excluding hydrogens is 508 g/mol. The topological polar surface area (TPSA) is 123 Å². The van der Waals surface area contributed by atoms with Gasteiger partial charge in [0.2, 0.25) is 0 Å². The van der Waals surface area contributed by atoms with E-state index in [0.717, 1.165) is 0 Å². The van der Waals surface area contributed by atoms with Gasteiger partial charge >= 0.3 is 11.9 Å². The van der Waals surface area contributed by atoms with Gasteiger partial charge in [-0.1, -0.05) is 25.2 Å². The highest BCUT2D eigenvalue weighted by Gasteiger charge is 2.45. The number of esters is 2. The summed E-state index contributed by atoms with van der Waals surface area (Å²) < 4.78 is 40.5. The number of furan rings is 1. The molecule has 0 amide bonds. The highest BCUT2D eigenvalue weighted by atomic mass is 16.8. The van der Waals surface area contributed by atoms with Crippen LogP contribution >= 0.6 is 0 Å². The minimum absolute atomic E-state index is 0.0985. The van der Waals surface area contributed by atoms with Crippen LogP contribution in [0.5, 0.6) is 5.75 Å². The van der Waals surface area contributed by atoms with Crippen LogP contribution in [-0.4, -0.2) is 61.2 Å². The smallest absolute Gasteiger partial charge is 0.342 e. The van der Waals surface area contributed by atoms with E-state index in [1.807, 2.05) is 32.9 Å². The number of methoxy groups -OCH3 is 1. The zero-order valence-electron chi connectivity index (χ0n) is 23.1. The van der Waals surface area contributed by atoms with Gasteiger partial charge in [-0.05, 0) is 39.3 Å². The molecule has 2 aliphatic rings. The lowest BCUT2D eigenvalue weighted by molar-refractivity contribution is -0.165. The number of hydrogen-bond donors (Lipinski definition) is 1. The fourth-order valence-electron chi connectivity index (χ4n) is 4.76. The Morgan fingerprint density at radius 1 is 1.18 bits per heavy atom. The van der Waals surface area contributed by atoms with E-state index in [1.165, 1.54) is 14.0 Å². The Morgan fingerprint density at radius 3 is 2.64 bits per heavy atom. The van der Waals surface area contributed by atoms with E-state index in [-0.39, 0.29) is 30.6 Å². The maximum absolute atomic E-state index is 13.6. The van der Waals surface area contributed by atoms with Gasteiger partial charge in [0.15, 0.2) is 12.6 Å². The van der Waals surface area contributed by atoms with Crippen molar-refractivity contribution in [1.82, 2.24) is 0 Å². The maximum Gasteiger partial charge on any atom is 0.342 e. The number of aliphatic hydroxyl groups excluding tert-OH is 1. The van der Waals surface area contributed by atoms with Gasteiger partial charge in [0.05, 0.1) is 6.10 Å². The third-order valence-electron chi connectivity index (χ3n) is 6.71. The molecule has 1 aromatic heterocycles. The number of ether oxygens (including phenoxy) is 6. The van der Waals surface area contributed by atoms with Crippen molar-refractivity contribution >= 4 is 29.0 Å². The first-order valence-corrected chi connectivity index (χ1v) is 12.9. The van der Waals surface area contributed by atoms with Crippen molar-refractivity contribution < 1.29 is 47.5 Å². The molecule has 4 rings (SSSR count). The molecule has 5 atom stereocenters. The zero-order valence-corrected chi connectivity index (χ0v) is 23.1. The number of rotatable bonds is 5. The Morgan fingerprint density at radius 2 is 1.95 bits per heavy atom. The van der Waals surface area contributed by atoms with Gasteiger partial charge in [-0.15, -0.1) is 0 Å². The number of fused-ring (bicyclic) bond motifs is 4. The molecular formula is C29H36O10. The maximum atomic E-state index is 13.6. The summed E-state index contributed by atoms with van der Waals surface area (Å²) >= 11 is 0. The first-order chi connectivity index (χ1) is 18.5. The van der Waals surface area contributed by atoms with Gasteiger partial charge in [0, 0.05) is 37.0 Å². The molecule has 2 aromatic rings. The molecule has 0 saturated carbocycles. The second kappa shape index (κ2) is 11.9. The minimum atomic E-state index is -0.895. The lowest BCUT2D eigenvalue weighted by Crippen LogP contribution is -2.37. The third-order valence-corrected chi connectivity index (χ3v) is 6.71. The Kier molecular flexibility index (Phi) is 8.80. The first kappa shape index (κ1) is 28.8. The highest BCUT2D eigenvalue weighted by Crippen LogP contribution is 2.37. The Labute approximate surface area is 227 Å². The molecule has 1 aromatic carbocycles. The van der Waals surface area contributed by atoms with Crippen molar-refractivity contribution in [2.45, 2.75) is 77.8 Å². The van der Waals surface area contributed by atoms with E-state index in [4.69, 9.17) is 32.8 Å². The summed E-state index contributed by atoms with van der Waals surface area (Å²) in [5, 5.41) is 10.3. The van der Waals surface area contributed by atoms with Crippen molar-refractivity contribution in [3.8, 4) is 5.75 Å². The van der Waals surface area contributed by atoms with Gasteiger partial charge < -0.3 is 37.9 Å². The van der Waals surface area contributed by atoms with Crippen LogP contribution in [0.3, 0.4) is 0 Å². The van der Waals surface area contributed by atoms with Crippen LogP contribution in [0.25, 0.3) is 17.0 Å². The van der Waals surface area contributed by atoms with Crippen LogP contribution < -0.4 is 4.74 Å². The molecule has 39 heavy (non-hydrogen) atoms. The van der Waals surface area contributed by atoms with Gasteiger partial charge in [-0.3, -0.25) is 4.79 Å². The zero-order chi connectivity index (χ0) is 28.3. The molecule has 1 unspecified atom stereocenters. The minimum Gasteiger partial charge on any atom is -0.466 e. The molecule has 1 saturated heterocycles. The summed E-state index contributed by atoms with van der Waals surface area (Å²) in [4.78, 5) is 25.6. The van der Waals surface area contributed by atoms with Crippen molar-refractivity contribution in [3.63, 3.8) is 0 Å². The number of carbonyl (C=O) groups is 2. The van der Waals surface area contributed by atoms with Gasteiger partial charge in [-0.25, -0.2) is 4.79 Å². The summed E-state index contributed by atoms with van der Waals surface area (Å²) in [5.41, 5.74) is 1.14. The van der Waals surface area contributed by atoms with E-state index in [1.54, 1.807) is 31.2 Å². The normalized spacial score (nSPS) is 28.6. The number of benzene rings is 1. The largest absolute Gasteiger partial charge is 0.466 e. The Balaban J connectivity index is 1.86. The molecule has 10 heteroatoms. The van der Waals surface area contributed by atoms with Crippen molar-refractivity contribution in [2.24, 2.45) is 5.92 Å². The number of cyclic esters (lactones) is 1. The first-order valence-electron chi connectivity index (χ1n) is 12.9. The number of aliphatic hydroxyl groups is 1. The fraction of sp³-hybridized carbons (Fsp3) is 0.517. The standard InChI is InChI=1S/C29H36O10/c1-16-10-11-22(36-18(3)31)27-23(38-29(4,5)39-27)9-7-8-20-21-12-19(14-30)37-24(21)13-25(34-15-33-6)26(20)28(32)35-17(16)2/h7-8,10-13,16-17,22-23,27,30H,9,14-15H2,1-6H3/b8-7+,11-10-/t16-,17+,22?,23+,27-/m1/s1. The van der Waals surface area contributed by atoms with Gasteiger partial charge in [0.1, 0.15) is 47.6 Å². The molecule has 10 nitrogen and oxygen atoms in total. The van der Waals surface area contributed by atoms with E-state index in [9.17, 15) is 14.7 Å². The summed E-state index contributed by atoms with van der Waals surface area (Å²) in [6.45, 7) is 8.24. The SMILES string of the molecule is COCOc1cc2oc(CO)cc2c2c1C(=O)O[C@@H](C)[C@H](C)/C=C\C(OC(C)=O)[C@H]1OC(C)(C)O[C@H]1C/C=C/2. The lowest BCUT2D eigenvalue weighted by atomic mass is 9.97. The molecule has 212 valence electrons. The van der Waals surface area contributed by atoms with Crippen LogP contribution in [0, 0.1) is 5.92 Å². The average molecular weight is 545 g/mol. The average Bonchev–Trinajstić information content (AvgIpc) is 3.43. The lowest BCUT2D eigenvalue weighted by Gasteiger charge is -2.25. The molecule has 0 radical (unpaired) electrons. The van der Waals surface area contributed by atoms with E-state index in [0.29, 0.717) is 28.7 Å². The van der Waals surface area contributed by atoms with Crippen LogP contribution in [0.4, 0.5) is 0 Å². The third kappa shape index (κ3) is 6.52.